The van der Waals surface area contributed by atoms with Crippen LogP contribution in [0.2, 0.25) is 0 Å². The van der Waals surface area contributed by atoms with E-state index in [9.17, 15) is 25.1 Å². The number of nitrogens with zero attached hydrogens (tertiary/aromatic N) is 1. The number of carbonyl (C=O) groups is 1. The molecule has 116 valence electrons. The van der Waals surface area contributed by atoms with Gasteiger partial charge in [0.25, 0.3) is 5.69 Å². The van der Waals surface area contributed by atoms with Crippen molar-refractivity contribution in [3.63, 3.8) is 0 Å². The molecule has 0 spiro atoms. The van der Waals surface area contributed by atoms with Crippen molar-refractivity contribution >= 4 is 22.6 Å². The fourth-order valence-electron chi connectivity index (χ4n) is 1.75. The van der Waals surface area contributed by atoms with Crippen molar-refractivity contribution in [3.05, 3.63) is 33.9 Å². The quantitative estimate of drug-likeness (QED) is 0.581. The largest absolute Gasteiger partial charge is 0.497 e. The Labute approximate surface area is 126 Å². The number of aliphatic hydroxyl groups is 2. The van der Waals surface area contributed by atoms with Crippen LogP contribution in [0.15, 0.2) is 18.2 Å². The molecule has 0 heterocycles. The summed E-state index contributed by atoms with van der Waals surface area (Å²) in [6.07, 6.45) is -2.49. The monoisotopic (exact) mass is 315 g/mol. The molecule has 0 amide bonds. The van der Waals surface area contributed by atoms with Crippen molar-refractivity contribution in [3.8, 4) is 5.75 Å². The summed E-state index contributed by atoms with van der Waals surface area (Å²) in [4.78, 5) is 21.2. The highest BCUT2D eigenvalue weighted by Crippen LogP contribution is 2.32. The zero-order valence-electron chi connectivity index (χ0n) is 11.7. The van der Waals surface area contributed by atoms with E-state index in [1.54, 1.807) is 0 Å². The molecule has 0 saturated heterocycles. The lowest BCUT2D eigenvalue weighted by molar-refractivity contribution is -0.386. The van der Waals surface area contributed by atoms with Crippen LogP contribution in [0.5, 0.6) is 5.75 Å². The molecular weight excluding hydrogens is 298 g/mol. The summed E-state index contributed by atoms with van der Waals surface area (Å²) in [6.45, 7) is 1.40. The van der Waals surface area contributed by atoms with Crippen molar-refractivity contribution in [1.82, 2.24) is 0 Å². The van der Waals surface area contributed by atoms with Gasteiger partial charge in [0.05, 0.1) is 23.7 Å². The van der Waals surface area contributed by atoms with Gasteiger partial charge in [0, 0.05) is 18.7 Å². The standard InChI is InChI=1S/C13H17NO6S/c1-8(15)21-6-5-12(16)13(17)10-7-9(20-2)3-4-11(10)14(18)19/h3-4,7,12-13,16-17H,5-6H2,1-2H3. The van der Waals surface area contributed by atoms with Crippen LogP contribution < -0.4 is 4.74 Å². The Morgan fingerprint density at radius 3 is 2.67 bits per heavy atom. The number of methoxy groups -OCH3 is 1. The van der Waals surface area contributed by atoms with Crippen molar-refractivity contribution in [2.75, 3.05) is 12.9 Å². The number of nitro benzene ring substituents is 1. The van der Waals surface area contributed by atoms with E-state index in [-0.39, 0.29) is 22.8 Å². The Morgan fingerprint density at radius 2 is 2.14 bits per heavy atom. The van der Waals surface area contributed by atoms with Crippen LogP contribution in [-0.4, -0.2) is 39.2 Å². The summed E-state index contributed by atoms with van der Waals surface area (Å²) < 4.78 is 4.97. The van der Waals surface area contributed by atoms with Crippen LogP contribution >= 0.6 is 11.8 Å². The third-order valence-electron chi connectivity index (χ3n) is 2.83. The zero-order chi connectivity index (χ0) is 16.0. The summed E-state index contributed by atoms with van der Waals surface area (Å²) >= 11 is 1.02. The van der Waals surface area contributed by atoms with Gasteiger partial charge in [0.1, 0.15) is 11.9 Å². The predicted octanol–water partition coefficient (Wildman–Crippen LogP) is 1.67. The second kappa shape index (κ2) is 7.96. The molecule has 7 nitrogen and oxygen atoms in total. The predicted molar refractivity (Wildman–Crippen MR) is 78.4 cm³/mol. The van der Waals surface area contributed by atoms with Crippen molar-refractivity contribution < 1.29 is 24.7 Å². The first-order valence-electron chi connectivity index (χ1n) is 6.18. The Morgan fingerprint density at radius 1 is 1.48 bits per heavy atom. The molecule has 1 aromatic rings. The molecule has 0 aliphatic rings. The molecule has 0 aromatic heterocycles. The van der Waals surface area contributed by atoms with Crippen LogP contribution in [0.4, 0.5) is 5.69 Å². The average molecular weight is 315 g/mol. The van der Waals surface area contributed by atoms with E-state index >= 15 is 0 Å². The van der Waals surface area contributed by atoms with Crippen LogP contribution in [0, 0.1) is 10.1 Å². The minimum Gasteiger partial charge on any atom is -0.497 e. The smallest absolute Gasteiger partial charge is 0.275 e. The van der Waals surface area contributed by atoms with E-state index in [2.05, 4.69) is 0 Å². The molecule has 2 unspecified atom stereocenters. The number of thioether (sulfide) groups is 1. The third-order valence-corrected chi connectivity index (χ3v) is 3.68. The first-order valence-corrected chi connectivity index (χ1v) is 7.17. The Kier molecular flexibility index (Phi) is 6.60. The molecule has 0 saturated carbocycles. The van der Waals surface area contributed by atoms with E-state index in [1.165, 1.54) is 32.2 Å². The fraction of sp³-hybridized carbons (Fsp3) is 0.462. The Bertz CT molecular complexity index is 521. The van der Waals surface area contributed by atoms with Crippen molar-refractivity contribution in [2.45, 2.75) is 25.6 Å². The highest BCUT2D eigenvalue weighted by Gasteiger charge is 2.26. The number of ether oxygens (including phenoxy) is 1. The van der Waals surface area contributed by atoms with Crippen LogP contribution in [0.3, 0.4) is 0 Å². The van der Waals surface area contributed by atoms with Gasteiger partial charge in [-0.25, -0.2) is 0 Å². The minimum absolute atomic E-state index is 0.0142. The van der Waals surface area contributed by atoms with Crippen molar-refractivity contribution in [2.24, 2.45) is 0 Å². The molecule has 0 aliphatic carbocycles. The second-order valence-corrected chi connectivity index (χ2v) is 5.59. The topological polar surface area (TPSA) is 110 Å². The minimum atomic E-state index is -1.42. The van der Waals surface area contributed by atoms with E-state index in [0.29, 0.717) is 11.5 Å². The molecule has 1 aromatic carbocycles. The normalized spacial score (nSPS) is 13.5. The maximum atomic E-state index is 11.0. The average Bonchev–Trinajstić information content (AvgIpc) is 2.45. The molecule has 2 atom stereocenters. The van der Waals surface area contributed by atoms with Gasteiger partial charge in [0.15, 0.2) is 5.12 Å². The van der Waals surface area contributed by atoms with E-state index in [4.69, 9.17) is 4.74 Å². The van der Waals surface area contributed by atoms with Gasteiger partial charge in [0.2, 0.25) is 0 Å². The maximum absolute atomic E-state index is 11.0. The number of rotatable bonds is 7. The summed E-state index contributed by atoms with van der Waals surface area (Å²) in [7, 11) is 1.40. The number of benzene rings is 1. The van der Waals surface area contributed by atoms with Gasteiger partial charge in [-0.05, 0) is 18.6 Å². The number of aliphatic hydroxyl groups excluding tert-OH is 2. The van der Waals surface area contributed by atoms with E-state index in [0.717, 1.165) is 11.8 Å². The highest BCUT2D eigenvalue weighted by atomic mass is 32.2. The van der Waals surface area contributed by atoms with Gasteiger partial charge < -0.3 is 14.9 Å². The highest BCUT2D eigenvalue weighted by molar-refractivity contribution is 8.13. The second-order valence-electron chi connectivity index (χ2n) is 4.32. The lowest BCUT2D eigenvalue weighted by Crippen LogP contribution is -2.20. The number of carbonyl (C=O) groups excluding carboxylic acids is 1. The summed E-state index contributed by atoms with van der Waals surface area (Å²) in [5.74, 6) is 0.672. The fourth-order valence-corrected chi connectivity index (χ4v) is 2.40. The number of nitro groups is 1. The van der Waals surface area contributed by atoms with E-state index < -0.39 is 17.1 Å². The van der Waals surface area contributed by atoms with E-state index in [1.807, 2.05) is 0 Å². The SMILES string of the molecule is COc1ccc([N+](=O)[O-])c(C(O)C(O)CCSC(C)=O)c1. The van der Waals surface area contributed by atoms with Crippen LogP contribution in [0.25, 0.3) is 0 Å². The third kappa shape index (κ3) is 5.00. The molecule has 21 heavy (non-hydrogen) atoms. The van der Waals surface area contributed by atoms with Gasteiger partial charge >= 0.3 is 0 Å². The summed E-state index contributed by atoms with van der Waals surface area (Å²) in [5.41, 5.74) is -0.304. The molecule has 0 radical (unpaired) electrons. The zero-order valence-corrected chi connectivity index (χ0v) is 12.5. The number of hydrogen-bond donors (Lipinski definition) is 2. The first-order chi connectivity index (χ1) is 9.86. The molecule has 1 rings (SSSR count). The Balaban J connectivity index is 2.90. The van der Waals surface area contributed by atoms with Crippen LogP contribution in [0.1, 0.15) is 25.0 Å². The van der Waals surface area contributed by atoms with Gasteiger partial charge in [-0.1, -0.05) is 11.8 Å². The first kappa shape index (κ1) is 17.4. The van der Waals surface area contributed by atoms with Crippen LogP contribution in [-0.2, 0) is 4.79 Å². The van der Waals surface area contributed by atoms with Gasteiger partial charge in [-0.2, -0.15) is 0 Å². The number of hydrogen-bond acceptors (Lipinski definition) is 7. The van der Waals surface area contributed by atoms with Gasteiger partial charge in [-0.15, -0.1) is 0 Å². The van der Waals surface area contributed by atoms with Gasteiger partial charge in [-0.3, -0.25) is 14.9 Å². The molecular formula is C13H17NO6S. The molecule has 2 N–H and O–H groups in total. The summed E-state index contributed by atoms with van der Waals surface area (Å²) in [5, 5.41) is 30.9. The lowest BCUT2D eigenvalue weighted by atomic mass is 10.0. The summed E-state index contributed by atoms with van der Waals surface area (Å²) in [6, 6.07) is 3.95. The molecule has 0 aliphatic heterocycles. The molecule has 0 bridgehead atoms. The Hall–Kier alpha value is -1.64. The lowest BCUT2D eigenvalue weighted by Gasteiger charge is -2.18. The van der Waals surface area contributed by atoms with Crippen molar-refractivity contribution in [1.29, 1.82) is 0 Å². The maximum Gasteiger partial charge on any atom is 0.275 e. The molecule has 0 fully saturated rings. The molecule has 8 heteroatoms.